The zero-order valence-corrected chi connectivity index (χ0v) is 12.2. The molecular formula is C16H17ClO3. The highest BCUT2D eigenvalue weighted by molar-refractivity contribution is 6.30. The molecule has 20 heavy (non-hydrogen) atoms. The third kappa shape index (κ3) is 3.44. The van der Waals surface area contributed by atoms with Crippen molar-refractivity contribution in [2.75, 3.05) is 7.11 Å². The minimum atomic E-state index is -0.787. The van der Waals surface area contributed by atoms with E-state index < -0.39 is 12.2 Å². The van der Waals surface area contributed by atoms with Crippen molar-refractivity contribution in [2.45, 2.75) is 19.1 Å². The molecule has 2 unspecified atom stereocenters. The summed E-state index contributed by atoms with van der Waals surface area (Å²) >= 11 is 5.91. The van der Waals surface area contributed by atoms with E-state index in [9.17, 15) is 5.11 Å². The fraction of sp³-hybridized carbons (Fsp3) is 0.250. The SMILES string of the molecule is COc1ccccc1C(O)C(C)Oc1cccc(Cl)c1. The molecule has 2 rings (SSSR count). The second-order valence-electron chi connectivity index (χ2n) is 4.47. The molecule has 0 heterocycles. The number of halogens is 1. The first-order chi connectivity index (χ1) is 9.61. The van der Waals surface area contributed by atoms with Crippen LogP contribution in [-0.4, -0.2) is 18.3 Å². The van der Waals surface area contributed by atoms with E-state index in [0.717, 1.165) is 0 Å². The molecule has 0 aromatic heterocycles. The predicted octanol–water partition coefficient (Wildman–Crippen LogP) is 3.85. The third-order valence-electron chi connectivity index (χ3n) is 3.02. The zero-order valence-electron chi connectivity index (χ0n) is 11.4. The lowest BCUT2D eigenvalue weighted by molar-refractivity contribution is 0.0451. The van der Waals surface area contributed by atoms with Gasteiger partial charge in [0, 0.05) is 10.6 Å². The summed E-state index contributed by atoms with van der Waals surface area (Å²) in [4.78, 5) is 0. The largest absolute Gasteiger partial charge is 0.496 e. The number of hydrogen-bond acceptors (Lipinski definition) is 3. The molecule has 0 radical (unpaired) electrons. The van der Waals surface area contributed by atoms with E-state index in [2.05, 4.69) is 0 Å². The maximum absolute atomic E-state index is 10.4. The lowest BCUT2D eigenvalue weighted by Gasteiger charge is -2.22. The summed E-state index contributed by atoms with van der Waals surface area (Å²) in [6.07, 6.45) is -1.21. The Morgan fingerprint density at radius 1 is 1.10 bits per heavy atom. The van der Waals surface area contributed by atoms with Gasteiger partial charge in [0.2, 0.25) is 0 Å². The maximum atomic E-state index is 10.4. The van der Waals surface area contributed by atoms with Crippen molar-refractivity contribution >= 4 is 11.6 Å². The van der Waals surface area contributed by atoms with Gasteiger partial charge in [0.25, 0.3) is 0 Å². The van der Waals surface area contributed by atoms with Gasteiger partial charge in [0.05, 0.1) is 7.11 Å². The van der Waals surface area contributed by atoms with E-state index in [0.29, 0.717) is 22.1 Å². The Morgan fingerprint density at radius 3 is 2.55 bits per heavy atom. The van der Waals surface area contributed by atoms with Crippen molar-refractivity contribution in [3.63, 3.8) is 0 Å². The minimum Gasteiger partial charge on any atom is -0.496 e. The topological polar surface area (TPSA) is 38.7 Å². The van der Waals surface area contributed by atoms with Gasteiger partial charge in [0.15, 0.2) is 0 Å². The Kier molecular flexibility index (Phi) is 4.88. The van der Waals surface area contributed by atoms with Crippen LogP contribution in [0.15, 0.2) is 48.5 Å². The van der Waals surface area contributed by atoms with E-state index in [-0.39, 0.29) is 0 Å². The van der Waals surface area contributed by atoms with Crippen molar-refractivity contribution < 1.29 is 14.6 Å². The molecule has 0 saturated carbocycles. The van der Waals surface area contributed by atoms with E-state index in [4.69, 9.17) is 21.1 Å². The molecule has 0 aliphatic heterocycles. The Labute approximate surface area is 123 Å². The fourth-order valence-corrected chi connectivity index (χ4v) is 2.16. The minimum absolute atomic E-state index is 0.426. The standard InChI is InChI=1S/C16H17ClO3/c1-11(20-13-7-5-6-12(17)10-13)16(18)14-8-3-4-9-15(14)19-2/h3-11,16,18H,1-2H3. The van der Waals surface area contributed by atoms with Gasteiger partial charge in [-0.15, -0.1) is 0 Å². The molecule has 0 spiro atoms. The molecule has 4 heteroatoms. The van der Waals surface area contributed by atoms with Crippen LogP contribution in [0, 0.1) is 0 Å². The molecule has 0 saturated heterocycles. The van der Waals surface area contributed by atoms with E-state index in [1.54, 1.807) is 38.3 Å². The number of ether oxygens (including phenoxy) is 2. The number of aliphatic hydroxyl groups is 1. The van der Waals surface area contributed by atoms with Crippen LogP contribution in [0.25, 0.3) is 0 Å². The summed E-state index contributed by atoms with van der Waals surface area (Å²) in [6.45, 7) is 1.80. The maximum Gasteiger partial charge on any atom is 0.126 e. The lowest BCUT2D eigenvalue weighted by atomic mass is 10.0. The Morgan fingerprint density at radius 2 is 1.85 bits per heavy atom. The first kappa shape index (κ1) is 14.7. The molecule has 106 valence electrons. The Hall–Kier alpha value is -1.71. The second-order valence-corrected chi connectivity index (χ2v) is 4.90. The molecule has 2 aromatic carbocycles. The van der Waals surface area contributed by atoms with Gasteiger partial charge in [-0.1, -0.05) is 35.9 Å². The van der Waals surface area contributed by atoms with E-state index in [1.807, 2.05) is 24.3 Å². The molecule has 0 aliphatic rings. The van der Waals surface area contributed by atoms with Gasteiger partial charge in [-0.2, -0.15) is 0 Å². The number of hydrogen-bond donors (Lipinski definition) is 1. The predicted molar refractivity (Wildman–Crippen MR) is 79.5 cm³/mol. The number of aliphatic hydroxyl groups excluding tert-OH is 1. The van der Waals surface area contributed by atoms with Crippen molar-refractivity contribution in [2.24, 2.45) is 0 Å². The Balaban J connectivity index is 2.14. The van der Waals surface area contributed by atoms with Crippen LogP contribution >= 0.6 is 11.6 Å². The molecular weight excluding hydrogens is 276 g/mol. The summed E-state index contributed by atoms with van der Waals surface area (Å²) in [5.41, 5.74) is 0.699. The monoisotopic (exact) mass is 292 g/mol. The summed E-state index contributed by atoms with van der Waals surface area (Å²) in [5.74, 6) is 1.26. The number of methoxy groups -OCH3 is 1. The third-order valence-corrected chi connectivity index (χ3v) is 3.26. The van der Waals surface area contributed by atoms with Gasteiger partial charge in [-0.3, -0.25) is 0 Å². The summed E-state index contributed by atoms with van der Waals surface area (Å²) in [6, 6.07) is 14.4. The molecule has 1 N–H and O–H groups in total. The smallest absolute Gasteiger partial charge is 0.126 e. The van der Waals surface area contributed by atoms with Crippen molar-refractivity contribution in [3.05, 3.63) is 59.1 Å². The molecule has 0 fully saturated rings. The molecule has 2 aromatic rings. The van der Waals surface area contributed by atoms with Crippen molar-refractivity contribution in [1.82, 2.24) is 0 Å². The molecule has 0 amide bonds. The molecule has 3 nitrogen and oxygen atoms in total. The lowest BCUT2D eigenvalue weighted by Crippen LogP contribution is -2.22. The van der Waals surface area contributed by atoms with Crippen LogP contribution in [0.3, 0.4) is 0 Å². The first-order valence-corrected chi connectivity index (χ1v) is 6.73. The first-order valence-electron chi connectivity index (χ1n) is 6.35. The van der Waals surface area contributed by atoms with Gasteiger partial charge in [-0.25, -0.2) is 0 Å². The van der Waals surface area contributed by atoms with Crippen LogP contribution in [0.1, 0.15) is 18.6 Å². The average molecular weight is 293 g/mol. The molecule has 0 bridgehead atoms. The van der Waals surface area contributed by atoms with Crippen LogP contribution < -0.4 is 9.47 Å². The zero-order chi connectivity index (χ0) is 14.5. The van der Waals surface area contributed by atoms with Crippen LogP contribution in [0.4, 0.5) is 0 Å². The molecule has 0 aliphatic carbocycles. The number of para-hydroxylation sites is 1. The summed E-state index contributed by atoms with van der Waals surface area (Å²) in [5, 5.41) is 11.0. The second kappa shape index (κ2) is 6.64. The molecule has 2 atom stereocenters. The summed E-state index contributed by atoms with van der Waals surface area (Å²) in [7, 11) is 1.58. The van der Waals surface area contributed by atoms with Crippen LogP contribution in [0.5, 0.6) is 11.5 Å². The normalized spacial score (nSPS) is 13.6. The van der Waals surface area contributed by atoms with Crippen molar-refractivity contribution in [3.8, 4) is 11.5 Å². The fourth-order valence-electron chi connectivity index (χ4n) is 1.98. The van der Waals surface area contributed by atoms with Crippen LogP contribution in [0.2, 0.25) is 5.02 Å². The Bertz CT molecular complexity index is 571. The highest BCUT2D eigenvalue weighted by Crippen LogP contribution is 2.29. The van der Waals surface area contributed by atoms with E-state index >= 15 is 0 Å². The highest BCUT2D eigenvalue weighted by Gasteiger charge is 2.21. The van der Waals surface area contributed by atoms with Crippen LogP contribution in [-0.2, 0) is 0 Å². The number of rotatable bonds is 5. The van der Waals surface area contributed by atoms with Gasteiger partial charge >= 0.3 is 0 Å². The quantitative estimate of drug-likeness (QED) is 0.910. The number of benzene rings is 2. The summed E-state index contributed by atoms with van der Waals surface area (Å²) < 4.78 is 11.0. The van der Waals surface area contributed by atoms with E-state index in [1.165, 1.54) is 0 Å². The average Bonchev–Trinajstić information content (AvgIpc) is 2.46. The van der Waals surface area contributed by atoms with Gasteiger partial charge in [0.1, 0.15) is 23.7 Å². The highest BCUT2D eigenvalue weighted by atomic mass is 35.5. The van der Waals surface area contributed by atoms with Crippen molar-refractivity contribution in [1.29, 1.82) is 0 Å². The van der Waals surface area contributed by atoms with Gasteiger partial charge < -0.3 is 14.6 Å². The van der Waals surface area contributed by atoms with Gasteiger partial charge in [-0.05, 0) is 31.2 Å².